The van der Waals surface area contributed by atoms with Crippen molar-refractivity contribution < 1.29 is 14.3 Å². The molecule has 0 atom stereocenters. The number of thioether (sulfide) groups is 1. The Morgan fingerprint density at radius 2 is 1.81 bits per heavy atom. The fraction of sp³-hybridized carbons (Fsp3) is 0.385. The van der Waals surface area contributed by atoms with Crippen molar-refractivity contribution in [3.8, 4) is 0 Å². The maximum absolute atomic E-state index is 13.0. The molecule has 3 aromatic rings. The number of rotatable bonds is 7. The number of anilines is 2. The van der Waals surface area contributed by atoms with Gasteiger partial charge < -0.3 is 19.9 Å². The second-order valence-electron chi connectivity index (χ2n) is 8.77. The molecular weight excluding hydrogens is 494 g/mol. The zero-order valence-electron chi connectivity index (χ0n) is 20.0. The monoisotopic (exact) mass is 523 g/mol. The van der Waals surface area contributed by atoms with E-state index in [1.807, 2.05) is 46.7 Å². The highest BCUT2D eigenvalue weighted by atomic mass is 32.2. The number of benzene rings is 1. The Kier molecular flexibility index (Phi) is 8.15. The summed E-state index contributed by atoms with van der Waals surface area (Å²) in [6.45, 7) is 4.41. The SMILES string of the molecule is O=C(Nc1ccccc1N1CCOCC1)c1csc(C2CCN(C(=O)CSc3ccncc3)CC2)n1. The van der Waals surface area contributed by atoms with Crippen LogP contribution in [0.2, 0.25) is 0 Å². The Bertz CT molecular complexity index is 1180. The maximum atomic E-state index is 13.0. The first-order valence-electron chi connectivity index (χ1n) is 12.2. The fourth-order valence-electron chi connectivity index (χ4n) is 4.47. The van der Waals surface area contributed by atoms with Crippen LogP contribution in [0.5, 0.6) is 0 Å². The highest BCUT2D eigenvalue weighted by Gasteiger charge is 2.26. The minimum Gasteiger partial charge on any atom is -0.378 e. The van der Waals surface area contributed by atoms with Crippen molar-refractivity contribution in [1.82, 2.24) is 14.9 Å². The third-order valence-corrected chi connectivity index (χ3v) is 8.47. The van der Waals surface area contributed by atoms with Crippen LogP contribution in [0.4, 0.5) is 11.4 Å². The smallest absolute Gasteiger partial charge is 0.275 e. The number of ether oxygens (including phenoxy) is 1. The molecule has 188 valence electrons. The lowest BCUT2D eigenvalue weighted by molar-refractivity contribution is -0.129. The molecule has 8 nitrogen and oxygen atoms in total. The zero-order valence-corrected chi connectivity index (χ0v) is 21.6. The van der Waals surface area contributed by atoms with Crippen molar-refractivity contribution >= 4 is 46.3 Å². The molecule has 2 amide bonds. The number of nitrogens with one attached hydrogen (secondary N) is 1. The Morgan fingerprint density at radius 3 is 2.58 bits per heavy atom. The van der Waals surface area contributed by atoms with Crippen LogP contribution in [0.25, 0.3) is 0 Å². The van der Waals surface area contributed by atoms with Crippen LogP contribution < -0.4 is 10.2 Å². The lowest BCUT2D eigenvalue weighted by Crippen LogP contribution is -2.38. The van der Waals surface area contributed by atoms with Gasteiger partial charge >= 0.3 is 0 Å². The first kappa shape index (κ1) is 24.7. The summed E-state index contributed by atoms with van der Waals surface area (Å²) < 4.78 is 5.46. The molecule has 4 heterocycles. The standard InChI is InChI=1S/C26H29N5O3S2/c32-24(18-35-20-5-9-27-10-6-20)31-11-7-19(8-12-31)26-29-22(17-36-26)25(33)28-21-3-1-2-4-23(21)30-13-15-34-16-14-30/h1-6,9-10,17,19H,7-8,11-16,18H2,(H,28,33). The first-order chi connectivity index (χ1) is 17.7. The molecule has 2 fully saturated rings. The summed E-state index contributed by atoms with van der Waals surface area (Å²) >= 11 is 3.07. The number of nitrogens with zero attached hydrogens (tertiary/aromatic N) is 4. The minimum atomic E-state index is -0.195. The van der Waals surface area contributed by atoms with Crippen molar-refractivity contribution in [3.63, 3.8) is 0 Å². The summed E-state index contributed by atoms with van der Waals surface area (Å²) in [5, 5.41) is 5.86. The molecule has 0 bridgehead atoms. The Morgan fingerprint density at radius 1 is 1.06 bits per heavy atom. The predicted molar refractivity (Wildman–Crippen MR) is 143 cm³/mol. The van der Waals surface area contributed by atoms with Crippen LogP contribution in [-0.4, -0.2) is 71.8 Å². The minimum absolute atomic E-state index is 0.161. The van der Waals surface area contributed by atoms with Gasteiger partial charge in [-0.25, -0.2) is 4.98 Å². The van der Waals surface area contributed by atoms with Crippen LogP contribution in [0.15, 0.2) is 59.1 Å². The van der Waals surface area contributed by atoms with Crippen molar-refractivity contribution in [1.29, 1.82) is 0 Å². The fourth-order valence-corrected chi connectivity index (χ4v) is 6.23. The van der Waals surface area contributed by atoms with Crippen LogP contribution in [0, 0.1) is 0 Å². The average Bonchev–Trinajstić information content (AvgIpc) is 3.44. The van der Waals surface area contributed by atoms with E-state index < -0.39 is 0 Å². The van der Waals surface area contributed by atoms with E-state index >= 15 is 0 Å². The highest BCUT2D eigenvalue weighted by Crippen LogP contribution is 2.32. The van der Waals surface area contributed by atoms with Gasteiger partial charge in [0.05, 0.1) is 35.3 Å². The Labute approximate surface area is 219 Å². The molecule has 36 heavy (non-hydrogen) atoms. The number of morpholine rings is 1. The highest BCUT2D eigenvalue weighted by molar-refractivity contribution is 8.00. The van der Waals surface area contributed by atoms with E-state index in [2.05, 4.69) is 20.2 Å². The van der Waals surface area contributed by atoms with Gasteiger partial charge in [0, 0.05) is 54.8 Å². The number of hydrogen-bond acceptors (Lipinski definition) is 8. The number of amides is 2. The lowest BCUT2D eigenvalue weighted by Gasteiger charge is -2.31. The molecule has 2 aliphatic heterocycles. The Hall–Kier alpha value is -2.95. The quantitative estimate of drug-likeness (QED) is 0.466. The molecule has 0 radical (unpaired) electrons. The largest absolute Gasteiger partial charge is 0.378 e. The number of hydrogen-bond donors (Lipinski definition) is 1. The zero-order chi connectivity index (χ0) is 24.7. The summed E-state index contributed by atoms with van der Waals surface area (Å²) in [6, 6.07) is 11.7. The van der Waals surface area contributed by atoms with Crippen LogP contribution in [0.3, 0.4) is 0 Å². The van der Waals surface area contributed by atoms with E-state index in [0.29, 0.717) is 37.8 Å². The number of carbonyl (C=O) groups is 2. The summed E-state index contributed by atoms with van der Waals surface area (Å²) in [7, 11) is 0. The molecule has 5 rings (SSSR count). The summed E-state index contributed by atoms with van der Waals surface area (Å²) in [5.74, 6) is 0.670. The molecule has 0 aliphatic carbocycles. The lowest BCUT2D eigenvalue weighted by atomic mass is 9.97. The summed E-state index contributed by atoms with van der Waals surface area (Å²) in [5.41, 5.74) is 2.23. The van der Waals surface area contributed by atoms with Gasteiger partial charge in [-0.15, -0.1) is 23.1 Å². The van der Waals surface area contributed by atoms with Gasteiger partial charge in [0.2, 0.25) is 5.91 Å². The molecule has 2 aliphatic rings. The van der Waals surface area contributed by atoms with E-state index in [1.165, 1.54) is 11.3 Å². The number of likely N-dealkylation sites (tertiary alicyclic amines) is 1. The number of thiazole rings is 1. The normalized spacial score (nSPS) is 16.7. The molecule has 1 N–H and O–H groups in total. The van der Waals surface area contributed by atoms with Crippen molar-refractivity contribution in [2.75, 3.05) is 55.4 Å². The topological polar surface area (TPSA) is 87.7 Å². The van der Waals surface area contributed by atoms with Gasteiger partial charge in [-0.1, -0.05) is 12.1 Å². The first-order valence-corrected chi connectivity index (χ1v) is 14.0. The van der Waals surface area contributed by atoms with Gasteiger partial charge in [-0.2, -0.15) is 0 Å². The van der Waals surface area contributed by atoms with Gasteiger partial charge in [0.1, 0.15) is 5.69 Å². The third-order valence-electron chi connectivity index (χ3n) is 6.47. The van der Waals surface area contributed by atoms with Gasteiger partial charge in [-0.05, 0) is 37.1 Å². The molecule has 1 aromatic carbocycles. The molecule has 2 saturated heterocycles. The molecular formula is C26H29N5O3S2. The Balaban J connectivity index is 1.14. The van der Waals surface area contributed by atoms with E-state index in [1.54, 1.807) is 24.2 Å². The molecule has 2 aromatic heterocycles. The summed E-state index contributed by atoms with van der Waals surface area (Å²) in [4.78, 5) is 39.6. The van der Waals surface area contributed by atoms with Gasteiger partial charge in [0.25, 0.3) is 5.91 Å². The number of aromatic nitrogens is 2. The van der Waals surface area contributed by atoms with E-state index in [0.717, 1.165) is 47.2 Å². The second-order valence-corrected chi connectivity index (χ2v) is 10.7. The predicted octanol–water partition coefficient (Wildman–Crippen LogP) is 4.13. The van der Waals surface area contributed by atoms with E-state index in [9.17, 15) is 9.59 Å². The molecule has 0 spiro atoms. The van der Waals surface area contributed by atoms with Crippen molar-refractivity contribution in [3.05, 3.63) is 64.9 Å². The van der Waals surface area contributed by atoms with Crippen LogP contribution >= 0.6 is 23.1 Å². The number of piperidine rings is 1. The van der Waals surface area contributed by atoms with Crippen molar-refractivity contribution in [2.45, 2.75) is 23.7 Å². The third kappa shape index (κ3) is 6.05. The molecule has 0 unspecified atom stereocenters. The van der Waals surface area contributed by atoms with E-state index in [4.69, 9.17) is 4.74 Å². The van der Waals surface area contributed by atoms with Crippen LogP contribution in [-0.2, 0) is 9.53 Å². The second kappa shape index (κ2) is 11.9. The number of para-hydroxylation sites is 2. The maximum Gasteiger partial charge on any atom is 0.275 e. The molecule has 0 saturated carbocycles. The number of carbonyl (C=O) groups excluding carboxylic acids is 2. The van der Waals surface area contributed by atoms with Gasteiger partial charge in [-0.3, -0.25) is 14.6 Å². The van der Waals surface area contributed by atoms with Crippen LogP contribution in [0.1, 0.15) is 34.3 Å². The average molecular weight is 524 g/mol. The van der Waals surface area contributed by atoms with Gasteiger partial charge in [0.15, 0.2) is 0 Å². The van der Waals surface area contributed by atoms with Crippen molar-refractivity contribution in [2.24, 2.45) is 0 Å². The number of pyridine rings is 1. The van der Waals surface area contributed by atoms with E-state index in [-0.39, 0.29) is 17.7 Å². The summed E-state index contributed by atoms with van der Waals surface area (Å²) in [6.07, 6.45) is 5.20. The molecule has 10 heteroatoms.